The largest absolute Gasteiger partial charge is 0.395 e. The van der Waals surface area contributed by atoms with Crippen molar-refractivity contribution < 1.29 is 5.11 Å². The minimum Gasteiger partial charge on any atom is -0.395 e. The second-order valence-electron chi connectivity index (χ2n) is 6.76. The number of nitrogens with zero attached hydrogens (tertiary/aromatic N) is 1. The number of aliphatic hydroxyl groups excluding tert-OH is 1. The van der Waals surface area contributed by atoms with Crippen LogP contribution in [0.15, 0.2) is 0 Å². The first kappa shape index (κ1) is 16.3. The van der Waals surface area contributed by atoms with Gasteiger partial charge in [-0.1, -0.05) is 32.6 Å². The number of aliphatic hydroxyl groups is 1. The van der Waals surface area contributed by atoms with Crippen LogP contribution in [-0.2, 0) is 0 Å². The number of hydrogen-bond donors (Lipinski definition) is 2. The van der Waals surface area contributed by atoms with Gasteiger partial charge in [0.1, 0.15) is 0 Å². The lowest BCUT2D eigenvalue weighted by Crippen LogP contribution is -2.48. The number of nitrogens with one attached hydrogen (secondary N) is 1. The third-order valence-corrected chi connectivity index (χ3v) is 5.26. The van der Waals surface area contributed by atoms with E-state index in [9.17, 15) is 5.11 Å². The Balaban J connectivity index is 1.89. The summed E-state index contributed by atoms with van der Waals surface area (Å²) >= 11 is 0. The zero-order valence-corrected chi connectivity index (χ0v) is 13.3. The van der Waals surface area contributed by atoms with Gasteiger partial charge in [0.15, 0.2) is 0 Å². The van der Waals surface area contributed by atoms with Crippen molar-refractivity contribution in [2.24, 2.45) is 5.92 Å². The van der Waals surface area contributed by atoms with Gasteiger partial charge in [-0.25, -0.2) is 0 Å². The molecular formula is C17H34N2O. The molecule has 0 amide bonds. The normalized spacial score (nSPS) is 28.4. The van der Waals surface area contributed by atoms with Gasteiger partial charge in [-0.05, 0) is 44.6 Å². The van der Waals surface area contributed by atoms with Crippen LogP contribution < -0.4 is 5.32 Å². The summed E-state index contributed by atoms with van der Waals surface area (Å²) in [4.78, 5) is 2.58. The summed E-state index contributed by atoms with van der Waals surface area (Å²) in [6.07, 6.45) is 12.2. The molecule has 0 radical (unpaired) electrons. The maximum atomic E-state index is 9.34. The standard InChI is InChI=1S/C17H34N2O/c1-2-11-18-17-10-5-3-4-7-15(17)14-19(12-13-20)16-8-6-9-16/h15-18,20H,2-14H2,1H3. The summed E-state index contributed by atoms with van der Waals surface area (Å²) in [6, 6.07) is 1.47. The fourth-order valence-corrected chi connectivity index (χ4v) is 3.81. The lowest BCUT2D eigenvalue weighted by Gasteiger charge is -2.40. The quantitative estimate of drug-likeness (QED) is 0.672. The fourth-order valence-electron chi connectivity index (χ4n) is 3.81. The molecule has 0 spiro atoms. The van der Waals surface area contributed by atoms with Crippen LogP contribution in [0.1, 0.15) is 64.7 Å². The van der Waals surface area contributed by atoms with Gasteiger partial charge in [-0.15, -0.1) is 0 Å². The molecule has 2 unspecified atom stereocenters. The Bertz CT molecular complexity index is 255. The highest BCUT2D eigenvalue weighted by molar-refractivity contribution is 4.86. The fraction of sp³-hybridized carbons (Fsp3) is 1.00. The molecule has 0 heterocycles. The molecule has 2 N–H and O–H groups in total. The van der Waals surface area contributed by atoms with E-state index in [0.29, 0.717) is 12.6 Å². The van der Waals surface area contributed by atoms with Crippen molar-refractivity contribution in [3.05, 3.63) is 0 Å². The first-order chi connectivity index (χ1) is 9.85. The second kappa shape index (κ2) is 9.01. The second-order valence-corrected chi connectivity index (χ2v) is 6.76. The molecule has 20 heavy (non-hydrogen) atoms. The van der Waals surface area contributed by atoms with Gasteiger partial charge in [-0.3, -0.25) is 4.90 Å². The first-order valence-electron chi connectivity index (χ1n) is 8.93. The van der Waals surface area contributed by atoms with E-state index in [0.717, 1.165) is 25.0 Å². The molecule has 0 aromatic heterocycles. The third-order valence-electron chi connectivity index (χ3n) is 5.26. The van der Waals surface area contributed by atoms with E-state index in [1.54, 1.807) is 0 Å². The van der Waals surface area contributed by atoms with Crippen LogP contribution >= 0.6 is 0 Å². The van der Waals surface area contributed by atoms with E-state index in [1.807, 2.05) is 0 Å². The first-order valence-corrected chi connectivity index (χ1v) is 8.93. The van der Waals surface area contributed by atoms with Crippen LogP contribution in [0, 0.1) is 5.92 Å². The minimum atomic E-state index is 0.316. The van der Waals surface area contributed by atoms with Crippen molar-refractivity contribution in [3.8, 4) is 0 Å². The molecule has 0 aromatic carbocycles. The maximum Gasteiger partial charge on any atom is 0.0558 e. The Morgan fingerprint density at radius 1 is 1.05 bits per heavy atom. The van der Waals surface area contributed by atoms with E-state index in [1.165, 1.54) is 64.3 Å². The summed E-state index contributed by atoms with van der Waals surface area (Å²) in [7, 11) is 0. The Kier molecular flexibility index (Phi) is 7.32. The molecule has 2 aliphatic rings. The monoisotopic (exact) mass is 282 g/mol. The zero-order chi connectivity index (χ0) is 14.2. The smallest absolute Gasteiger partial charge is 0.0558 e. The molecule has 118 valence electrons. The maximum absolute atomic E-state index is 9.34. The van der Waals surface area contributed by atoms with Gasteiger partial charge < -0.3 is 10.4 Å². The van der Waals surface area contributed by atoms with Crippen LogP contribution in [0.5, 0.6) is 0 Å². The van der Waals surface area contributed by atoms with Crippen molar-refractivity contribution >= 4 is 0 Å². The highest BCUT2D eigenvalue weighted by atomic mass is 16.3. The number of rotatable bonds is 8. The molecular weight excluding hydrogens is 248 g/mol. The minimum absolute atomic E-state index is 0.316. The van der Waals surface area contributed by atoms with Crippen molar-refractivity contribution in [1.29, 1.82) is 0 Å². The molecule has 3 heteroatoms. The van der Waals surface area contributed by atoms with E-state index >= 15 is 0 Å². The molecule has 2 saturated carbocycles. The van der Waals surface area contributed by atoms with Gasteiger partial charge in [0.25, 0.3) is 0 Å². The molecule has 2 aliphatic carbocycles. The predicted octanol–water partition coefficient (Wildman–Crippen LogP) is 2.78. The van der Waals surface area contributed by atoms with E-state index in [-0.39, 0.29) is 0 Å². The van der Waals surface area contributed by atoms with E-state index in [4.69, 9.17) is 0 Å². The van der Waals surface area contributed by atoms with E-state index < -0.39 is 0 Å². The van der Waals surface area contributed by atoms with Crippen LogP contribution in [0.3, 0.4) is 0 Å². The molecule has 0 aliphatic heterocycles. The third kappa shape index (κ3) is 4.71. The highest BCUT2D eigenvalue weighted by Gasteiger charge is 2.30. The SMILES string of the molecule is CCCNC1CCCCCC1CN(CCO)C1CCC1. The molecule has 2 atom stereocenters. The summed E-state index contributed by atoms with van der Waals surface area (Å²) in [5.41, 5.74) is 0. The summed E-state index contributed by atoms with van der Waals surface area (Å²) < 4.78 is 0. The molecule has 2 fully saturated rings. The predicted molar refractivity (Wildman–Crippen MR) is 85.0 cm³/mol. The van der Waals surface area contributed by atoms with Crippen LogP contribution in [0.25, 0.3) is 0 Å². The topological polar surface area (TPSA) is 35.5 Å². The molecule has 2 rings (SSSR count). The van der Waals surface area contributed by atoms with Crippen LogP contribution in [0.2, 0.25) is 0 Å². The van der Waals surface area contributed by atoms with Crippen LogP contribution in [0.4, 0.5) is 0 Å². The van der Waals surface area contributed by atoms with Gasteiger partial charge in [0.05, 0.1) is 6.61 Å². The Morgan fingerprint density at radius 2 is 1.85 bits per heavy atom. The molecule has 0 bridgehead atoms. The molecule has 0 aromatic rings. The van der Waals surface area contributed by atoms with Gasteiger partial charge >= 0.3 is 0 Å². The van der Waals surface area contributed by atoms with Crippen molar-refractivity contribution in [2.45, 2.75) is 76.8 Å². The Labute approximate surface area is 125 Å². The van der Waals surface area contributed by atoms with Gasteiger partial charge in [0, 0.05) is 25.2 Å². The van der Waals surface area contributed by atoms with Crippen molar-refractivity contribution in [3.63, 3.8) is 0 Å². The Hall–Kier alpha value is -0.120. The molecule has 3 nitrogen and oxygen atoms in total. The summed E-state index contributed by atoms with van der Waals surface area (Å²) in [5, 5.41) is 13.1. The Morgan fingerprint density at radius 3 is 2.50 bits per heavy atom. The molecule has 0 saturated heterocycles. The lowest BCUT2D eigenvalue weighted by atomic mass is 9.88. The van der Waals surface area contributed by atoms with Crippen LogP contribution in [-0.4, -0.2) is 48.3 Å². The average molecular weight is 282 g/mol. The average Bonchev–Trinajstić information content (AvgIpc) is 2.60. The highest BCUT2D eigenvalue weighted by Crippen LogP contribution is 2.29. The zero-order valence-electron chi connectivity index (χ0n) is 13.3. The summed E-state index contributed by atoms with van der Waals surface area (Å²) in [6.45, 7) is 5.81. The van der Waals surface area contributed by atoms with Crippen molar-refractivity contribution in [1.82, 2.24) is 10.2 Å². The van der Waals surface area contributed by atoms with E-state index in [2.05, 4.69) is 17.1 Å². The lowest BCUT2D eigenvalue weighted by molar-refractivity contribution is 0.0755. The number of hydrogen-bond acceptors (Lipinski definition) is 3. The van der Waals surface area contributed by atoms with Gasteiger partial charge in [0.2, 0.25) is 0 Å². The summed E-state index contributed by atoms with van der Waals surface area (Å²) in [5.74, 6) is 0.788. The van der Waals surface area contributed by atoms with Gasteiger partial charge in [-0.2, -0.15) is 0 Å². The van der Waals surface area contributed by atoms with Crippen molar-refractivity contribution in [2.75, 3.05) is 26.2 Å².